The number of rotatable bonds is 8. The smallest absolute Gasteiger partial charge is 0.254 e. The second-order valence-corrected chi connectivity index (χ2v) is 10.1. The van der Waals surface area contributed by atoms with Gasteiger partial charge in [-0.25, -0.2) is 19.6 Å². The summed E-state index contributed by atoms with van der Waals surface area (Å²) in [5.41, 5.74) is 0.646. The minimum atomic E-state index is -0.177. The number of carbonyl (C=O) groups is 1. The topological polar surface area (TPSA) is 120 Å². The number of hydrogen-bond donors (Lipinski definition) is 1. The highest BCUT2D eigenvalue weighted by Crippen LogP contribution is 2.31. The Kier molecular flexibility index (Phi) is 7.02. The zero-order chi connectivity index (χ0) is 23.5. The second-order valence-electron chi connectivity index (χ2n) is 7.92. The standard InChI is InChI=1S/C21H26N8O3S2/c1-2-33-20-25-18(27-7-9-32-10-8-27)15-12-24-28(19(15)26-20)6-5-22-16(30)11-14-13-34-21-23-4-3-17(31)29(14)21/h3-4,12,14H,2,5-11,13H2,1H3,(H,22,30). The third-order valence-electron chi connectivity index (χ3n) is 5.72. The Morgan fingerprint density at radius 1 is 1.32 bits per heavy atom. The summed E-state index contributed by atoms with van der Waals surface area (Å²) in [6, 6.07) is 1.26. The number of nitrogens with one attached hydrogen (secondary N) is 1. The molecule has 180 valence electrons. The van der Waals surface area contributed by atoms with Gasteiger partial charge < -0.3 is 15.0 Å². The number of aromatic nitrogens is 6. The third kappa shape index (κ3) is 4.77. The number of thioether (sulfide) groups is 2. The van der Waals surface area contributed by atoms with Gasteiger partial charge in [0.1, 0.15) is 5.82 Å². The highest BCUT2D eigenvalue weighted by Gasteiger charge is 2.26. The molecule has 0 bridgehead atoms. The molecular weight excluding hydrogens is 476 g/mol. The lowest BCUT2D eigenvalue weighted by Crippen LogP contribution is -2.37. The zero-order valence-corrected chi connectivity index (χ0v) is 20.5. The number of nitrogens with zero attached hydrogens (tertiary/aromatic N) is 7. The van der Waals surface area contributed by atoms with Crippen molar-refractivity contribution in [1.82, 2.24) is 34.6 Å². The Balaban J connectivity index is 1.26. The van der Waals surface area contributed by atoms with Gasteiger partial charge in [0.2, 0.25) is 5.91 Å². The molecule has 1 fully saturated rings. The molecular formula is C21H26N8O3S2. The van der Waals surface area contributed by atoms with Crippen LogP contribution < -0.4 is 15.8 Å². The quantitative estimate of drug-likeness (QED) is 0.355. The Hall–Kier alpha value is -2.64. The highest BCUT2D eigenvalue weighted by molar-refractivity contribution is 7.99. The van der Waals surface area contributed by atoms with Crippen LogP contribution in [0.4, 0.5) is 5.82 Å². The fourth-order valence-corrected chi connectivity index (χ4v) is 5.80. The number of carbonyl (C=O) groups excluding carboxylic acids is 1. The first-order valence-electron chi connectivity index (χ1n) is 11.3. The van der Waals surface area contributed by atoms with Crippen LogP contribution in [0, 0.1) is 0 Å². The number of morpholine rings is 1. The van der Waals surface area contributed by atoms with E-state index in [9.17, 15) is 9.59 Å². The third-order valence-corrected chi connectivity index (χ3v) is 7.56. The first-order chi connectivity index (χ1) is 16.6. The summed E-state index contributed by atoms with van der Waals surface area (Å²) in [7, 11) is 0. The lowest BCUT2D eigenvalue weighted by molar-refractivity contribution is -0.121. The van der Waals surface area contributed by atoms with Gasteiger partial charge in [0.25, 0.3) is 5.56 Å². The van der Waals surface area contributed by atoms with Crippen LogP contribution >= 0.6 is 23.5 Å². The van der Waals surface area contributed by atoms with Crippen LogP contribution in [0.15, 0.2) is 33.6 Å². The van der Waals surface area contributed by atoms with Gasteiger partial charge in [-0.1, -0.05) is 30.4 Å². The van der Waals surface area contributed by atoms with Gasteiger partial charge in [0, 0.05) is 44.1 Å². The van der Waals surface area contributed by atoms with Gasteiger partial charge in [-0.3, -0.25) is 14.2 Å². The molecule has 3 aromatic rings. The SMILES string of the molecule is CCSc1nc(N2CCOCC2)c2cnn(CCNC(=O)CC3CSc4nccc(=O)n43)c2n1. The van der Waals surface area contributed by atoms with Crippen LogP contribution in [0.3, 0.4) is 0 Å². The van der Waals surface area contributed by atoms with E-state index in [2.05, 4.69) is 27.2 Å². The Morgan fingerprint density at radius 2 is 2.18 bits per heavy atom. The molecule has 3 aromatic heterocycles. The summed E-state index contributed by atoms with van der Waals surface area (Å²) in [6.07, 6.45) is 3.55. The van der Waals surface area contributed by atoms with Crippen molar-refractivity contribution in [3.05, 3.63) is 28.8 Å². The predicted octanol–water partition coefficient (Wildman–Crippen LogP) is 1.18. The van der Waals surface area contributed by atoms with Gasteiger partial charge in [-0.05, 0) is 5.75 Å². The molecule has 1 N–H and O–H groups in total. The highest BCUT2D eigenvalue weighted by atomic mass is 32.2. The maximum Gasteiger partial charge on any atom is 0.254 e. The lowest BCUT2D eigenvalue weighted by Gasteiger charge is -2.28. The molecule has 1 saturated heterocycles. The minimum absolute atomic E-state index is 0.100. The van der Waals surface area contributed by atoms with Gasteiger partial charge in [0.15, 0.2) is 16.0 Å². The lowest BCUT2D eigenvalue weighted by atomic mass is 10.2. The first kappa shape index (κ1) is 23.1. The Labute approximate surface area is 204 Å². The molecule has 5 heterocycles. The summed E-state index contributed by atoms with van der Waals surface area (Å²) < 4.78 is 8.92. The molecule has 2 aliphatic heterocycles. The van der Waals surface area contributed by atoms with Crippen LogP contribution in [0.25, 0.3) is 11.0 Å². The monoisotopic (exact) mass is 502 g/mol. The summed E-state index contributed by atoms with van der Waals surface area (Å²) in [5.74, 6) is 2.33. The number of anilines is 1. The van der Waals surface area contributed by atoms with Crippen molar-refractivity contribution in [2.75, 3.05) is 49.3 Å². The number of amides is 1. The average Bonchev–Trinajstić information content (AvgIpc) is 3.44. The van der Waals surface area contributed by atoms with Crippen LogP contribution in [-0.2, 0) is 16.1 Å². The fraction of sp³-hybridized carbons (Fsp3) is 0.524. The van der Waals surface area contributed by atoms with Crippen molar-refractivity contribution in [2.24, 2.45) is 0 Å². The van der Waals surface area contributed by atoms with Crippen molar-refractivity contribution < 1.29 is 9.53 Å². The van der Waals surface area contributed by atoms with E-state index in [0.717, 1.165) is 40.9 Å². The van der Waals surface area contributed by atoms with Crippen molar-refractivity contribution in [1.29, 1.82) is 0 Å². The van der Waals surface area contributed by atoms with E-state index < -0.39 is 0 Å². The molecule has 2 aliphatic rings. The van der Waals surface area contributed by atoms with E-state index in [4.69, 9.17) is 14.7 Å². The van der Waals surface area contributed by atoms with Crippen molar-refractivity contribution in [3.8, 4) is 0 Å². The van der Waals surface area contributed by atoms with Crippen LogP contribution in [0.2, 0.25) is 0 Å². The maximum absolute atomic E-state index is 12.6. The predicted molar refractivity (Wildman–Crippen MR) is 131 cm³/mol. The molecule has 0 aromatic carbocycles. The Bertz CT molecular complexity index is 1240. The van der Waals surface area contributed by atoms with Gasteiger partial charge >= 0.3 is 0 Å². The molecule has 1 amide bonds. The molecule has 1 unspecified atom stereocenters. The largest absolute Gasteiger partial charge is 0.378 e. The first-order valence-corrected chi connectivity index (χ1v) is 13.3. The van der Waals surface area contributed by atoms with Crippen LogP contribution in [0.5, 0.6) is 0 Å². The fourth-order valence-electron chi connectivity index (χ4n) is 4.12. The molecule has 0 radical (unpaired) electrons. The van der Waals surface area contributed by atoms with E-state index in [1.165, 1.54) is 24.0 Å². The summed E-state index contributed by atoms with van der Waals surface area (Å²) in [6.45, 7) is 5.89. The molecule has 13 heteroatoms. The number of hydrogen-bond acceptors (Lipinski definition) is 10. The molecule has 0 aliphatic carbocycles. The summed E-state index contributed by atoms with van der Waals surface area (Å²) in [5, 5.41) is 9.79. The molecule has 5 rings (SSSR count). The van der Waals surface area contributed by atoms with E-state index in [1.54, 1.807) is 22.5 Å². The average molecular weight is 503 g/mol. The number of ether oxygens (including phenoxy) is 1. The van der Waals surface area contributed by atoms with Gasteiger partial charge in [-0.2, -0.15) is 5.10 Å². The summed E-state index contributed by atoms with van der Waals surface area (Å²) in [4.78, 5) is 40.7. The molecule has 0 spiro atoms. The van der Waals surface area contributed by atoms with E-state index in [-0.39, 0.29) is 23.9 Å². The molecule has 0 saturated carbocycles. The van der Waals surface area contributed by atoms with Crippen molar-refractivity contribution in [3.63, 3.8) is 0 Å². The van der Waals surface area contributed by atoms with Crippen LogP contribution in [-0.4, -0.2) is 79.6 Å². The van der Waals surface area contributed by atoms with Crippen molar-refractivity contribution in [2.45, 2.75) is 36.2 Å². The van der Waals surface area contributed by atoms with Crippen molar-refractivity contribution >= 4 is 46.3 Å². The maximum atomic E-state index is 12.6. The Morgan fingerprint density at radius 3 is 3.00 bits per heavy atom. The van der Waals surface area contributed by atoms with E-state index in [0.29, 0.717) is 37.2 Å². The van der Waals surface area contributed by atoms with Gasteiger partial charge in [0.05, 0.1) is 37.4 Å². The zero-order valence-electron chi connectivity index (χ0n) is 18.8. The van der Waals surface area contributed by atoms with Gasteiger partial charge in [-0.15, -0.1) is 0 Å². The molecule has 34 heavy (non-hydrogen) atoms. The van der Waals surface area contributed by atoms with E-state index in [1.807, 2.05) is 4.68 Å². The van der Waals surface area contributed by atoms with Crippen LogP contribution in [0.1, 0.15) is 19.4 Å². The molecule has 1 atom stereocenters. The molecule has 11 nitrogen and oxygen atoms in total. The second kappa shape index (κ2) is 10.3. The van der Waals surface area contributed by atoms with E-state index >= 15 is 0 Å². The number of fused-ring (bicyclic) bond motifs is 2. The minimum Gasteiger partial charge on any atom is -0.378 e. The normalized spacial score (nSPS) is 17.8. The summed E-state index contributed by atoms with van der Waals surface area (Å²) >= 11 is 3.10.